The van der Waals surface area contributed by atoms with Crippen LogP contribution in [0.25, 0.3) is 11.0 Å². The fourth-order valence-electron chi connectivity index (χ4n) is 1.39. The number of furan rings is 1. The Morgan fingerprint density at radius 3 is 2.86 bits per heavy atom. The predicted molar refractivity (Wildman–Crippen MR) is 52.2 cm³/mol. The van der Waals surface area contributed by atoms with Gasteiger partial charge in [-0.05, 0) is 12.1 Å². The standard InChI is InChI=1S/C11H10O3/c12-11(13)6-5-9-7-8-3-1-2-4-10(8)14-9/h1-4,7H,5-6H2,(H,12,13). The van der Waals surface area contributed by atoms with E-state index >= 15 is 0 Å². The molecule has 0 aliphatic rings. The number of carboxylic acid groups (broad SMARTS) is 1. The van der Waals surface area contributed by atoms with E-state index in [0.717, 1.165) is 16.7 Å². The number of hydrogen-bond acceptors (Lipinski definition) is 2. The highest BCUT2D eigenvalue weighted by Crippen LogP contribution is 2.19. The summed E-state index contributed by atoms with van der Waals surface area (Å²) in [5.74, 6) is -0.0703. The van der Waals surface area contributed by atoms with Crippen molar-refractivity contribution >= 4 is 16.9 Å². The van der Waals surface area contributed by atoms with Crippen molar-refractivity contribution in [3.63, 3.8) is 0 Å². The molecule has 0 unspecified atom stereocenters. The molecular weight excluding hydrogens is 180 g/mol. The van der Waals surface area contributed by atoms with Crippen molar-refractivity contribution in [1.29, 1.82) is 0 Å². The van der Waals surface area contributed by atoms with Gasteiger partial charge in [-0.1, -0.05) is 18.2 Å². The summed E-state index contributed by atoms with van der Waals surface area (Å²) in [4.78, 5) is 10.3. The topological polar surface area (TPSA) is 50.4 Å². The van der Waals surface area contributed by atoms with Gasteiger partial charge < -0.3 is 9.52 Å². The first-order valence-corrected chi connectivity index (χ1v) is 4.45. The summed E-state index contributed by atoms with van der Waals surface area (Å²) in [6, 6.07) is 9.53. The van der Waals surface area contributed by atoms with Crippen molar-refractivity contribution < 1.29 is 14.3 Å². The van der Waals surface area contributed by atoms with E-state index in [1.807, 2.05) is 30.3 Å². The number of hydrogen-bond donors (Lipinski definition) is 1. The van der Waals surface area contributed by atoms with E-state index in [1.165, 1.54) is 0 Å². The molecule has 0 aliphatic carbocycles. The zero-order valence-electron chi connectivity index (χ0n) is 7.56. The fraction of sp³-hybridized carbons (Fsp3) is 0.182. The quantitative estimate of drug-likeness (QED) is 0.808. The number of aliphatic carboxylic acids is 1. The van der Waals surface area contributed by atoms with Gasteiger partial charge in [-0.3, -0.25) is 4.79 Å². The second-order valence-electron chi connectivity index (χ2n) is 3.14. The zero-order chi connectivity index (χ0) is 9.97. The van der Waals surface area contributed by atoms with E-state index < -0.39 is 5.97 Å². The van der Waals surface area contributed by atoms with Crippen LogP contribution < -0.4 is 0 Å². The number of carbonyl (C=O) groups is 1. The van der Waals surface area contributed by atoms with Crippen molar-refractivity contribution in [1.82, 2.24) is 0 Å². The maximum absolute atomic E-state index is 10.3. The van der Waals surface area contributed by atoms with E-state index in [-0.39, 0.29) is 6.42 Å². The highest BCUT2D eigenvalue weighted by Gasteiger charge is 2.04. The molecule has 0 saturated carbocycles. The molecule has 0 aliphatic heterocycles. The molecule has 0 atom stereocenters. The Morgan fingerprint density at radius 2 is 2.14 bits per heavy atom. The van der Waals surface area contributed by atoms with Crippen molar-refractivity contribution in [3.05, 3.63) is 36.1 Å². The molecule has 0 spiro atoms. The third-order valence-corrected chi connectivity index (χ3v) is 2.06. The molecule has 0 radical (unpaired) electrons. The molecule has 72 valence electrons. The first-order chi connectivity index (χ1) is 6.75. The van der Waals surface area contributed by atoms with Crippen LogP contribution in [0.2, 0.25) is 0 Å². The Kier molecular flexibility index (Phi) is 2.23. The molecule has 1 heterocycles. The summed E-state index contributed by atoms with van der Waals surface area (Å²) in [6.07, 6.45) is 0.559. The monoisotopic (exact) mass is 190 g/mol. The lowest BCUT2D eigenvalue weighted by molar-refractivity contribution is -0.137. The number of aryl methyl sites for hydroxylation is 1. The predicted octanol–water partition coefficient (Wildman–Crippen LogP) is 2.45. The summed E-state index contributed by atoms with van der Waals surface area (Å²) in [5, 5.41) is 9.53. The van der Waals surface area contributed by atoms with Gasteiger partial charge in [0.1, 0.15) is 11.3 Å². The first kappa shape index (κ1) is 8.81. The maximum Gasteiger partial charge on any atom is 0.303 e. The van der Waals surface area contributed by atoms with Gasteiger partial charge in [-0.2, -0.15) is 0 Å². The van der Waals surface area contributed by atoms with Crippen LogP contribution >= 0.6 is 0 Å². The van der Waals surface area contributed by atoms with Gasteiger partial charge in [-0.15, -0.1) is 0 Å². The van der Waals surface area contributed by atoms with E-state index in [4.69, 9.17) is 9.52 Å². The van der Waals surface area contributed by atoms with Gasteiger partial charge in [0.2, 0.25) is 0 Å². The number of rotatable bonds is 3. The molecule has 1 N–H and O–H groups in total. The Labute approximate surface area is 81.0 Å². The van der Waals surface area contributed by atoms with Crippen LogP contribution in [0.1, 0.15) is 12.2 Å². The van der Waals surface area contributed by atoms with Crippen LogP contribution in [0, 0.1) is 0 Å². The largest absolute Gasteiger partial charge is 0.481 e. The molecule has 1 aromatic carbocycles. The minimum absolute atomic E-state index is 0.111. The normalized spacial score (nSPS) is 10.6. The Bertz CT molecular complexity index is 423. The molecule has 0 saturated heterocycles. The van der Waals surface area contributed by atoms with Crippen LogP contribution in [-0.4, -0.2) is 11.1 Å². The van der Waals surface area contributed by atoms with Crippen molar-refractivity contribution in [2.24, 2.45) is 0 Å². The molecule has 2 aromatic rings. The van der Waals surface area contributed by atoms with Crippen LogP contribution in [0.15, 0.2) is 34.7 Å². The minimum Gasteiger partial charge on any atom is -0.481 e. The molecule has 0 amide bonds. The highest BCUT2D eigenvalue weighted by molar-refractivity contribution is 5.77. The minimum atomic E-state index is -0.801. The molecule has 0 fully saturated rings. The van der Waals surface area contributed by atoms with Gasteiger partial charge in [0.25, 0.3) is 0 Å². The lowest BCUT2D eigenvalue weighted by atomic mass is 10.2. The van der Waals surface area contributed by atoms with Crippen LogP contribution in [0.5, 0.6) is 0 Å². The van der Waals surface area contributed by atoms with Gasteiger partial charge >= 0.3 is 5.97 Å². The lowest BCUT2D eigenvalue weighted by Crippen LogP contribution is -1.95. The third kappa shape index (κ3) is 1.76. The Morgan fingerprint density at radius 1 is 1.36 bits per heavy atom. The van der Waals surface area contributed by atoms with E-state index in [2.05, 4.69) is 0 Å². The third-order valence-electron chi connectivity index (χ3n) is 2.06. The van der Waals surface area contributed by atoms with E-state index in [1.54, 1.807) is 0 Å². The second-order valence-corrected chi connectivity index (χ2v) is 3.14. The van der Waals surface area contributed by atoms with Crippen molar-refractivity contribution in [2.45, 2.75) is 12.8 Å². The Hall–Kier alpha value is -1.77. The Balaban J connectivity index is 2.22. The SMILES string of the molecule is O=C(O)CCc1cc2ccccc2o1. The van der Waals surface area contributed by atoms with Gasteiger partial charge in [0.05, 0.1) is 6.42 Å². The summed E-state index contributed by atoms with van der Waals surface area (Å²) in [5.41, 5.74) is 0.813. The van der Waals surface area contributed by atoms with Gasteiger partial charge in [0.15, 0.2) is 0 Å². The number of fused-ring (bicyclic) bond motifs is 1. The average molecular weight is 190 g/mol. The summed E-state index contributed by atoms with van der Waals surface area (Å²) < 4.78 is 5.46. The first-order valence-electron chi connectivity index (χ1n) is 4.45. The van der Waals surface area contributed by atoms with Gasteiger partial charge in [0, 0.05) is 11.8 Å². The zero-order valence-corrected chi connectivity index (χ0v) is 7.56. The maximum atomic E-state index is 10.3. The van der Waals surface area contributed by atoms with Gasteiger partial charge in [-0.25, -0.2) is 0 Å². The molecule has 2 rings (SSSR count). The average Bonchev–Trinajstić information content (AvgIpc) is 2.57. The summed E-state index contributed by atoms with van der Waals surface area (Å²) in [6.45, 7) is 0. The molecular formula is C11H10O3. The van der Waals surface area contributed by atoms with E-state index in [9.17, 15) is 4.79 Å². The smallest absolute Gasteiger partial charge is 0.303 e. The van der Waals surface area contributed by atoms with Crippen LogP contribution in [-0.2, 0) is 11.2 Å². The molecule has 3 nitrogen and oxygen atoms in total. The fourth-order valence-corrected chi connectivity index (χ4v) is 1.39. The molecule has 1 aromatic heterocycles. The molecule has 14 heavy (non-hydrogen) atoms. The number of para-hydroxylation sites is 1. The van der Waals surface area contributed by atoms with Crippen LogP contribution in [0.4, 0.5) is 0 Å². The summed E-state index contributed by atoms with van der Waals surface area (Å²) in [7, 11) is 0. The van der Waals surface area contributed by atoms with Crippen molar-refractivity contribution in [2.75, 3.05) is 0 Å². The van der Waals surface area contributed by atoms with Crippen molar-refractivity contribution in [3.8, 4) is 0 Å². The lowest BCUT2D eigenvalue weighted by Gasteiger charge is -1.90. The number of benzene rings is 1. The second kappa shape index (κ2) is 3.54. The molecule has 3 heteroatoms. The summed E-state index contributed by atoms with van der Waals surface area (Å²) >= 11 is 0. The number of carboxylic acids is 1. The van der Waals surface area contributed by atoms with Crippen LogP contribution in [0.3, 0.4) is 0 Å². The van der Waals surface area contributed by atoms with E-state index in [0.29, 0.717) is 6.42 Å². The molecule has 0 bridgehead atoms. The highest BCUT2D eigenvalue weighted by atomic mass is 16.4.